The van der Waals surface area contributed by atoms with Crippen LogP contribution in [0, 0.1) is 10.1 Å². The summed E-state index contributed by atoms with van der Waals surface area (Å²) in [7, 11) is 0. The molecule has 0 spiro atoms. The molecule has 0 fully saturated rings. The molecule has 1 rings (SSSR count). The van der Waals surface area contributed by atoms with Crippen molar-refractivity contribution in [1.82, 2.24) is 0 Å². The highest BCUT2D eigenvalue weighted by atomic mass is 32.1. The second-order valence-corrected chi connectivity index (χ2v) is 3.70. The minimum absolute atomic E-state index is 0.130. The van der Waals surface area contributed by atoms with E-state index in [-0.39, 0.29) is 5.00 Å². The molecule has 1 aromatic heterocycles. The summed E-state index contributed by atoms with van der Waals surface area (Å²) >= 11 is 1.11. The predicted octanol–water partition coefficient (Wildman–Crippen LogP) is 1.58. The molecule has 0 aliphatic rings. The molecule has 12 heavy (non-hydrogen) atoms. The van der Waals surface area contributed by atoms with Crippen molar-refractivity contribution in [1.29, 1.82) is 0 Å². The van der Waals surface area contributed by atoms with Crippen LogP contribution in [0.5, 0.6) is 0 Å². The lowest BCUT2D eigenvalue weighted by Gasteiger charge is -1.97. The largest absolute Gasteiger partial charge is 0.393 e. The molecule has 0 radical (unpaired) electrons. The summed E-state index contributed by atoms with van der Waals surface area (Å²) in [6, 6.07) is 3.14. The lowest BCUT2D eigenvalue weighted by molar-refractivity contribution is -0.380. The lowest BCUT2D eigenvalue weighted by Crippen LogP contribution is -2.01. The van der Waals surface area contributed by atoms with Gasteiger partial charge in [-0.25, -0.2) is 0 Å². The van der Waals surface area contributed by atoms with Gasteiger partial charge >= 0.3 is 5.00 Å². The quantitative estimate of drug-likeness (QED) is 0.577. The number of thiophene rings is 1. The summed E-state index contributed by atoms with van der Waals surface area (Å²) in [5.41, 5.74) is 0. The van der Waals surface area contributed by atoms with Gasteiger partial charge in [-0.15, -0.1) is 0 Å². The van der Waals surface area contributed by atoms with Crippen molar-refractivity contribution in [3.05, 3.63) is 27.1 Å². The molecular weight excluding hydrogens is 178 g/mol. The maximum absolute atomic E-state index is 10.3. The molecule has 66 valence electrons. The highest BCUT2D eigenvalue weighted by Gasteiger charge is 2.10. The summed E-state index contributed by atoms with van der Waals surface area (Å²) in [6.45, 7) is 1.66. The SMILES string of the molecule is C[C@H](O)Cc1ccc([N+](=O)[O-])s1. The van der Waals surface area contributed by atoms with Gasteiger partial charge in [0.1, 0.15) is 0 Å². The van der Waals surface area contributed by atoms with Crippen molar-refractivity contribution < 1.29 is 10.0 Å². The molecule has 0 saturated heterocycles. The van der Waals surface area contributed by atoms with Gasteiger partial charge in [0.25, 0.3) is 0 Å². The van der Waals surface area contributed by atoms with Gasteiger partial charge in [0.15, 0.2) is 0 Å². The zero-order valence-corrected chi connectivity index (χ0v) is 7.37. The summed E-state index contributed by atoms with van der Waals surface area (Å²) in [4.78, 5) is 10.7. The number of hydrogen-bond acceptors (Lipinski definition) is 4. The highest BCUT2D eigenvalue weighted by molar-refractivity contribution is 7.15. The molecule has 1 heterocycles. The van der Waals surface area contributed by atoms with E-state index in [9.17, 15) is 10.1 Å². The van der Waals surface area contributed by atoms with Crippen molar-refractivity contribution in [3.8, 4) is 0 Å². The van der Waals surface area contributed by atoms with Crippen LogP contribution in [0.15, 0.2) is 12.1 Å². The van der Waals surface area contributed by atoms with Gasteiger partial charge in [-0.3, -0.25) is 10.1 Å². The van der Waals surface area contributed by atoms with Crippen molar-refractivity contribution in [3.63, 3.8) is 0 Å². The molecule has 0 amide bonds. The average molecular weight is 187 g/mol. The van der Waals surface area contributed by atoms with Crippen molar-refractivity contribution >= 4 is 16.3 Å². The number of nitrogens with zero attached hydrogens (tertiary/aromatic N) is 1. The Bertz CT molecular complexity index is 282. The fourth-order valence-corrected chi connectivity index (χ4v) is 1.81. The van der Waals surface area contributed by atoms with E-state index >= 15 is 0 Å². The second kappa shape index (κ2) is 3.64. The number of aliphatic hydroxyl groups excluding tert-OH is 1. The first kappa shape index (κ1) is 9.15. The van der Waals surface area contributed by atoms with Gasteiger partial charge in [-0.05, 0) is 13.0 Å². The van der Waals surface area contributed by atoms with Gasteiger partial charge in [0.05, 0.1) is 11.0 Å². The van der Waals surface area contributed by atoms with E-state index in [1.807, 2.05) is 0 Å². The van der Waals surface area contributed by atoms with E-state index in [2.05, 4.69) is 0 Å². The van der Waals surface area contributed by atoms with Gasteiger partial charge in [0.2, 0.25) is 0 Å². The zero-order chi connectivity index (χ0) is 9.14. The van der Waals surface area contributed by atoms with E-state index in [0.29, 0.717) is 6.42 Å². The first-order chi connectivity index (χ1) is 5.59. The molecule has 0 aliphatic carbocycles. The smallest absolute Gasteiger partial charge is 0.324 e. The number of hydrogen-bond donors (Lipinski definition) is 1. The van der Waals surface area contributed by atoms with Gasteiger partial charge in [-0.2, -0.15) is 0 Å². The van der Waals surface area contributed by atoms with Gasteiger partial charge in [-0.1, -0.05) is 11.3 Å². The molecule has 1 N–H and O–H groups in total. The normalized spacial score (nSPS) is 12.8. The standard InChI is InChI=1S/C7H9NO3S/c1-5(9)4-6-2-3-7(12-6)8(10)11/h2-3,5,9H,4H2,1H3/t5-/m0/s1. The molecule has 1 aromatic rings. The Morgan fingerprint density at radius 1 is 1.75 bits per heavy atom. The summed E-state index contributed by atoms with van der Waals surface area (Å²) in [5, 5.41) is 19.4. The molecule has 5 heteroatoms. The predicted molar refractivity (Wildman–Crippen MR) is 46.4 cm³/mol. The Morgan fingerprint density at radius 3 is 2.83 bits per heavy atom. The summed E-state index contributed by atoms with van der Waals surface area (Å²) in [5.74, 6) is 0. The molecule has 0 aromatic carbocycles. The van der Waals surface area contributed by atoms with Crippen LogP contribution in [0.2, 0.25) is 0 Å². The van der Waals surface area contributed by atoms with Crippen LogP contribution in [0.3, 0.4) is 0 Å². The molecular formula is C7H9NO3S. The number of rotatable bonds is 3. The van der Waals surface area contributed by atoms with E-state index < -0.39 is 11.0 Å². The molecule has 0 aliphatic heterocycles. The lowest BCUT2D eigenvalue weighted by atomic mass is 10.2. The van der Waals surface area contributed by atoms with Crippen LogP contribution in [0.25, 0.3) is 0 Å². The Hall–Kier alpha value is -0.940. The van der Waals surface area contributed by atoms with Crippen LogP contribution >= 0.6 is 11.3 Å². The van der Waals surface area contributed by atoms with Crippen LogP contribution in [-0.2, 0) is 6.42 Å². The summed E-state index contributed by atoms with van der Waals surface area (Å²) < 4.78 is 0. The maximum Gasteiger partial charge on any atom is 0.324 e. The third kappa shape index (κ3) is 2.28. The third-order valence-corrected chi connectivity index (χ3v) is 2.38. The van der Waals surface area contributed by atoms with Crippen LogP contribution < -0.4 is 0 Å². The minimum atomic E-state index is -0.441. The van der Waals surface area contributed by atoms with Gasteiger partial charge < -0.3 is 5.11 Å². The fourth-order valence-electron chi connectivity index (χ4n) is 0.866. The first-order valence-electron chi connectivity index (χ1n) is 3.51. The topological polar surface area (TPSA) is 63.4 Å². The van der Waals surface area contributed by atoms with Crippen molar-refractivity contribution in [2.45, 2.75) is 19.4 Å². The minimum Gasteiger partial charge on any atom is -0.393 e. The average Bonchev–Trinajstić information content (AvgIpc) is 2.34. The van der Waals surface area contributed by atoms with E-state index in [1.54, 1.807) is 13.0 Å². The monoisotopic (exact) mass is 187 g/mol. The van der Waals surface area contributed by atoms with Crippen molar-refractivity contribution in [2.75, 3.05) is 0 Å². The van der Waals surface area contributed by atoms with E-state index in [4.69, 9.17) is 5.11 Å². The van der Waals surface area contributed by atoms with Crippen molar-refractivity contribution in [2.24, 2.45) is 0 Å². The summed E-state index contributed by atoms with van der Waals surface area (Å²) in [6.07, 6.45) is 0.0432. The first-order valence-corrected chi connectivity index (χ1v) is 4.32. The van der Waals surface area contributed by atoms with Crippen LogP contribution in [0.1, 0.15) is 11.8 Å². The van der Waals surface area contributed by atoms with Crippen LogP contribution in [0.4, 0.5) is 5.00 Å². The molecule has 0 bridgehead atoms. The maximum atomic E-state index is 10.3. The zero-order valence-electron chi connectivity index (χ0n) is 6.56. The second-order valence-electron chi connectivity index (χ2n) is 2.55. The Labute approximate surface area is 73.6 Å². The Balaban J connectivity index is 2.71. The Kier molecular flexibility index (Phi) is 2.78. The fraction of sp³-hybridized carbons (Fsp3) is 0.429. The molecule has 1 atom stereocenters. The number of nitro groups is 1. The Morgan fingerprint density at radius 2 is 2.42 bits per heavy atom. The number of aliphatic hydroxyl groups is 1. The van der Waals surface area contributed by atoms with E-state index in [1.165, 1.54) is 6.07 Å². The van der Waals surface area contributed by atoms with Gasteiger partial charge in [0, 0.05) is 17.4 Å². The molecule has 0 saturated carbocycles. The third-order valence-electron chi connectivity index (χ3n) is 1.32. The molecule has 4 nitrogen and oxygen atoms in total. The highest BCUT2D eigenvalue weighted by Crippen LogP contribution is 2.24. The molecule has 0 unspecified atom stereocenters. The van der Waals surface area contributed by atoms with E-state index in [0.717, 1.165) is 16.2 Å². The van der Waals surface area contributed by atoms with Crippen LogP contribution in [-0.4, -0.2) is 16.1 Å².